The largest absolute Gasteiger partial charge is 0.489 e. The molecule has 0 saturated heterocycles. The zero-order chi connectivity index (χ0) is 15.0. The van der Waals surface area contributed by atoms with Crippen molar-refractivity contribution in [1.82, 2.24) is 10.3 Å². The molecule has 1 unspecified atom stereocenters. The van der Waals surface area contributed by atoms with Crippen LogP contribution in [0.4, 0.5) is 0 Å². The lowest BCUT2D eigenvalue weighted by Crippen LogP contribution is -2.21. The summed E-state index contributed by atoms with van der Waals surface area (Å²) in [6.07, 6.45) is 1.01. The van der Waals surface area contributed by atoms with Crippen molar-refractivity contribution in [3.63, 3.8) is 0 Å². The maximum Gasteiger partial charge on any atom is 0.142 e. The zero-order valence-electron chi connectivity index (χ0n) is 13.4. The van der Waals surface area contributed by atoms with Gasteiger partial charge < -0.3 is 14.8 Å². The second-order valence-electron chi connectivity index (χ2n) is 5.63. The Morgan fingerprint density at radius 1 is 1.25 bits per heavy atom. The molecule has 0 spiro atoms. The monoisotopic (exact) mass is 280 g/mol. The lowest BCUT2D eigenvalue weighted by Gasteiger charge is -2.17. The number of pyridine rings is 1. The van der Waals surface area contributed by atoms with E-state index in [0.29, 0.717) is 12.5 Å². The van der Waals surface area contributed by atoms with E-state index < -0.39 is 0 Å². The molecule has 0 amide bonds. The molecule has 114 valence electrons. The molecule has 0 bridgehead atoms. The molecule has 1 aromatic heterocycles. The fraction of sp³-hybridized carbons (Fsp3) is 0.688. The fourth-order valence-corrected chi connectivity index (χ4v) is 1.87. The number of hydrogen-bond donors (Lipinski definition) is 1. The van der Waals surface area contributed by atoms with Gasteiger partial charge in [-0.25, -0.2) is 0 Å². The second-order valence-corrected chi connectivity index (χ2v) is 5.63. The van der Waals surface area contributed by atoms with Gasteiger partial charge in [0.25, 0.3) is 0 Å². The molecule has 1 N–H and O–H groups in total. The van der Waals surface area contributed by atoms with Gasteiger partial charge in [-0.3, -0.25) is 4.98 Å². The van der Waals surface area contributed by atoms with E-state index >= 15 is 0 Å². The SMILES string of the molecule is COCCC(C)Oc1ccc(C)nc1CNCC(C)C. The summed E-state index contributed by atoms with van der Waals surface area (Å²) in [7, 11) is 1.71. The molecule has 20 heavy (non-hydrogen) atoms. The summed E-state index contributed by atoms with van der Waals surface area (Å²) in [5.74, 6) is 1.50. The highest BCUT2D eigenvalue weighted by atomic mass is 16.5. The van der Waals surface area contributed by atoms with Crippen molar-refractivity contribution >= 4 is 0 Å². The Bertz CT molecular complexity index is 394. The van der Waals surface area contributed by atoms with Gasteiger partial charge in [0.1, 0.15) is 5.75 Å². The molecule has 0 aliphatic rings. The van der Waals surface area contributed by atoms with Crippen LogP contribution in [-0.2, 0) is 11.3 Å². The average molecular weight is 280 g/mol. The molecular formula is C16H28N2O2. The standard InChI is InChI=1S/C16H28N2O2/c1-12(2)10-17-11-15-16(7-6-13(3)18-15)20-14(4)8-9-19-5/h6-7,12,14,17H,8-11H2,1-5H3. The molecule has 0 radical (unpaired) electrons. The zero-order valence-corrected chi connectivity index (χ0v) is 13.4. The van der Waals surface area contributed by atoms with Gasteiger partial charge in [0.05, 0.1) is 11.8 Å². The van der Waals surface area contributed by atoms with E-state index in [4.69, 9.17) is 9.47 Å². The second kappa shape index (κ2) is 8.93. The Balaban J connectivity index is 2.64. The van der Waals surface area contributed by atoms with Gasteiger partial charge in [-0.1, -0.05) is 13.8 Å². The average Bonchev–Trinajstić information content (AvgIpc) is 2.39. The van der Waals surface area contributed by atoms with Crippen LogP contribution in [-0.4, -0.2) is 31.3 Å². The molecule has 1 rings (SSSR count). The summed E-state index contributed by atoms with van der Waals surface area (Å²) in [5.41, 5.74) is 2.00. The first kappa shape index (κ1) is 16.9. The van der Waals surface area contributed by atoms with E-state index in [1.54, 1.807) is 7.11 Å². The third-order valence-corrected chi connectivity index (χ3v) is 2.97. The molecule has 1 atom stereocenters. The van der Waals surface area contributed by atoms with E-state index in [9.17, 15) is 0 Å². The summed E-state index contributed by atoms with van der Waals surface area (Å²) in [6.45, 7) is 10.9. The normalized spacial score (nSPS) is 12.7. The van der Waals surface area contributed by atoms with E-state index in [1.165, 1.54) is 0 Å². The predicted molar refractivity (Wildman–Crippen MR) is 82.1 cm³/mol. The molecule has 0 fully saturated rings. The molecule has 0 aromatic carbocycles. The van der Waals surface area contributed by atoms with Gasteiger partial charge in [0.15, 0.2) is 0 Å². The van der Waals surface area contributed by atoms with Gasteiger partial charge in [-0.15, -0.1) is 0 Å². The maximum atomic E-state index is 5.98. The number of aryl methyl sites for hydroxylation is 1. The van der Waals surface area contributed by atoms with Crippen LogP contribution in [0.2, 0.25) is 0 Å². The summed E-state index contributed by atoms with van der Waals surface area (Å²) < 4.78 is 11.1. The number of hydrogen-bond acceptors (Lipinski definition) is 4. The van der Waals surface area contributed by atoms with Crippen molar-refractivity contribution in [2.24, 2.45) is 5.92 Å². The molecule has 1 heterocycles. The summed E-state index contributed by atoms with van der Waals surface area (Å²) >= 11 is 0. The minimum atomic E-state index is 0.128. The van der Waals surface area contributed by atoms with Gasteiger partial charge in [0, 0.05) is 32.4 Å². The smallest absolute Gasteiger partial charge is 0.142 e. The topological polar surface area (TPSA) is 43.4 Å². The van der Waals surface area contributed by atoms with Crippen LogP contribution in [0.5, 0.6) is 5.75 Å². The number of ether oxygens (including phenoxy) is 2. The lowest BCUT2D eigenvalue weighted by molar-refractivity contribution is 0.134. The van der Waals surface area contributed by atoms with Crippen LogP contribution in [0.15, 0.2) is 12.1 Å². The van der Waals surface area contributed by atoms with Gasteiger partial charge in [-0.2, -0.15) is 0 Å². The Kier molecular flexibility index (Phi) is 7.55. The van der Waals surface area contributed by atoms with Crippen molar-refractivity contribution in [2.45, 2.75) is 46.8 Å². The summed E-state index contributed by atoms with van der Waals surface area (Å²) in [6, 6.07) is 4.00. The van der Waals surface area contributed by atoms with E-state index in [1.807, 2.05) is 19.1 Å². The Labute approximate surface area is 122 Å². The number of aromatic nitrogens is 1. The molecule has 0 aliphatic carbocycles. The third-order valence-electron chi connectivity index (χ3n) is 2.97. The Morgan fingerprint density at radius 3 is 2.65 bits per heavy atom. The van der Waals surface area contributed by atoms with Crippen LogP contribution in [0, 0.1) is 12.8 Å². The molecular weight excluding hydrogens is 252 g/mol. The van der Waals surface area contributed by atoms with Crippen molar-refractivity contribution in [3.8, 4) is 5.75 Å². The van der Waals surface area contributed by atoms with Gasteiger partial charge in [-0.05, 0) is 38.4 Å². The van der Waals surface area contributed by atoms with Crippen molar-refractivity contribution in [3.05, 3.63) is 23.5 Å². The third kappa shape index (κ3) is 6.35. The maximum absolute atomic E-state index is 5.98. The number of nitrogens with zero attached hydrogens (tertiary/aromatic N) is 1. The molecule has 0 aliphatic heterocycles. The highest BCUT2D eigenvalue weighted by Crippen LogP contribution is 2.19. The van der Waals surface area contributed by atoms with Crippen molar-refractivity contribution < 1.29 is 9.47 Å². The van der Waals surface area contributed by atoms with Crippen LogP contribution >= 0.6 is 0 Å². The minimum Gasteiger partial charge on any atom is -0.489 e. The van der Waals surface area contributed by atoms with Crippen LogP contribution < -0.4 is 10.1 Å². The quantitative estimate of drug-likeness (QED) is 0.755. The van der Waals surface area contributed by atoms with E-state index in [2.05, 4.69) is 31.1 Å². The number of methoxy groups -OCH3 is 1. The van der Waals surface area contributed by atoms with Crippen LogP contribution in [0.3, 0.4) is 0 Å². The first-order valence-corrected chi connectivity index (χ1v) is 7.35. The van der Waals surface area contributed by atoms with E-state index in [-0.39, 0.29) is 6.10 Å². The molecule has 1 aromatic rings. The fourth-order valence-electron chi connectivity index (χ4n) is 1.87. The number of nitrogens with one attached hydrogen (secondary N) is 1. The molecule has 0 saturated carbocycles. The minimum absolute atomic E-state index is 0.128. The van der Waals surface area contributed by atoms with Gasteiger partial charge >= 0.3 is 0 Å². The predicted octanol–water partition coefficient (Wildman–Crippen LogP) is 2.94. The van der Waals surface area contributed by atoms with Crippen LogP contribution in [0.1, 0.15) is 38.6 Å². The molecule has 4 heteroatoms. The Hall–Kier alpha value is -1.13. The number of rotatable bonds is 9. The first-order valence-electron chi connectivity index (χ1n) is 7.35. The van der Waals surface area contributed by atoms with Crippen LogP contribution in [0.25, 0.3) is 0 Å². The highest BCUT2D eigenvalue weighted by molar-refractivity contribution is 5.29. The Morgan fingerprint density at radius 2 is 2.00 bits per heavy atom. The van der Waals surface area contributed by atoms with E-state index in [0.717, 1.165) is 36.6 Å². The van der Waals surface area contributed by atoms with Crippen molar-refractivity contribution in [2.75, 3.05) is 20.3 Å². The summed E-state index contributed by atoms with van der Waals surface area (Å²) in [5, 5.41) is 3.42. The molecule has 4 nitrogen and oxygen atoms in total. The summed E-state index contributed by atoms with van der Waals surface area (Å²) in [4.78, 5) is 4.58. The first-order chi connectivity index (χ1) is 9.52. The highest BCUT2D eigenvalue weighted by Gasteiger charge is 2.10. The lowest BCUT2D eigenvalue weighted by atomic mass is 10.2. The van der Waals surface area contributed by atoms with Crippen molar-refractivity contribution in [1.29, 1.82) is 0 Å². The van der Waals surface area contributed by atoms with Gasteiger partial charge in [0.2, 0.25) is 0 Å².